The van der Waals surface area contributed by atoms with E-state index in [-0.39, 0.29) is 11.8 Å². The molecule has 2 rings (SSSR count). The molecule has 1 aliphatic heterocycles. The van der Waals surface area contributed by atoms with E-state index >= 15 is 0 Å². The monoisotopic (exact) mass is 228 g/mol. The molecule has 1 aliphatic rings. The number of hydrogen-bond acceptors (Lipinski definition) is 2. The van der Waals surface area contributed by atoms with Crippen LogP contribution < -0.4 is 5.73 Å². The molecule has 0 bridgehead atoms. The highest BCUT2D eigenvalue weighted by molar-refractivity contribution is 5.79. The Morgan fingerprint density at radius 2 is 2.12 bits per heavy atom. The Morgan fingerprint density at radius 1 is 1.41 bits per heavy atom. The topological polar surface area (TPSA) is 46.3 Å². The lowest BCUT2D eigenvalue weighted by Crippen LogP contribution is -2.27. The van der Waals surface area contributed by atoms with E-state index in [1.54, 1.807) is 0 Å². The Kier molecular flexibility index (Phi) is 3.34. The molecule has 0 spiro atoms. The minimum Gasteiger partial charge on any atom is -0.399 e. The number of rotatable bonds is 3. The van der Waals surface area contributed by atoms with Crippen molar-refractivity contribution in [3.63, 3.8) is 0 Å². The minimum atomic E-state index is 0.0916. The first-order chi connectivity index (χ1) is 8.19. The highest BCUT2D eigenvalue weighted by Gasteiger charge is 2.27. The van der Waals surface area contributed by atoms with Gasteiger partial charge in [-0.25, -0.2) is 0 Å². The molecule has 1 fully saturated rings. The molecule has 1 saturated heterocycles. The highest BCUT2D eigenvalue weighted by atomic mass is 16.2. The van der Waals surface area contributed by atoms with E-state index in [0.29, 0.717) is 13.0 Å². The van der Waals surface area contributed by atoms with Crippen molar-refractivity contribution in [2.24, 2.45) is 5.92 Å². The van der Waals surface area contributed by atoms with Gasteiger partial charge >= 0.3 is 0 Å². The van der Waals surface area contributed by atoms with Crippen molar-refractivity contribution in [3.8, 4) is 12.3 Å². The molecule has 1 unspecified atom stereocenters. The summed E-state index contributed by atoms with van der Waals surface area (Å²) in [6.07, 6.45) is 6.69. The summed E-state index contributed by atoms with van der Waals surface area (Å²) in [6.45, 7) is 1.44. The van der Waals surface area contributed by atoms with E-state index in [4.69, 9.17) is 12.2 Å². The molecule has 2 N–H and O–H groups in total. The molecule has 88 valence electrons. The zero-order valence-corrected chi connectivity index (χ0v) is 9.73. The standard InChI is InChI=1S/C14H16N2O/c1-2-11-9-14(17)16(10-11)8-7-12-3-5-13(15)6-4-12/h1,3-6,11H,7-10,15H2. The molecule has 1 amide bonds. The van der Waals surface area contributed by atoms with Crippen molar-refractivity contribution in [2.45, 2.75) is 12.8 Å². The fourth-order valence-electron chi connectivity index (χ4n) is 2.05. The number of amides is 1. The van der Waals surface area contributed by atoms with E-state index in [9.17, 15) is 4.79 Å². The number of nitrogens with zero attached hydrogens (tertiary/aromatic N) is 1. The summed E-state index contributed by atoms with van der Waals surface area (Å²) in [5.41, 5.74) is 7.57. The van der Waals surface area contributed by atoms with E-state index in [1.807, 2.05) is 29.2 Å². The van der Waals surface area contributed by atoms with Gasteiger partial charge in [-0.05, 0) is 24.1 Å². The van der Waals surface area contributed by atoms with Crippen molar-refractivity contribution < 1.29 is 4.79 Å². The van der Waals surface area contributed by atoms with Gasteiger partial charge in [-0.15, -0.1) is 12.3 Å². The van der Waals surface area contributed by atoms with Crippen LogP contribution in [0.3, 0.4) is 0 Å². The third-order valence-corrected chi connectivity index (χ3v) is 3.10. The zero-order chi connectivity index (χ0) is 12.3. The summed E-state index contributed by atoms with van der Waals surface area (Å²) in [7, 11) is 0. The molecule has 1 aromatic rings. The third-order valence-electron chi connectivity index (χ3n) is 3.10. The average molecular weight is 228 g/mol. The number of carbonyl (C=O) groups is 1. The number of anilines is 1. The molecule has 0 saturated carbocycles. The lowest BCUT2D eigenvalue weighted by atomic mass is 10.1. The molecule has 3 nitrogen and oxygen atoms in total. The predicted molar refractivity (Wildman–Crippen MR) is 68.1 cm³/mol. The van der Waals surface area contributed by atoms with Crippen LogP contribution in [0.2, 0.25) is 0 Å². The van der Waals surface area contributed by atoms with Crippen LogP contribution in [0.1, 0.15) is 12.0 Å². The van der Waals surface area contributed by atoms with Crippen LogP contribution >= 0.6 is 0 Å². The maximum absolute atomic E-state index is 11.6. The second-order valence-electron chi connectivity index (χ2n) is 4.40. The zero-order valence-electron chi connectivity index (χ0n) is 9.73. The van der Waals surface area contributed by atoms with E-state index in [2.05, 4.69) is 5.92 Å². The van der Waals surface area contributed by atoms with Crippen LogP contribution in [0.25, 0.3) is 0 Å². The number of nitrogen functional groups attached to an aromatic ring is 1. The van der Waals surface area contributed by atoms with Crippen LogP contribution in [0, 0.1) is 18.3 Å². The SMILES string of the molecule is C#CC1CC(=O)N(CCc2ccc(N)cc2)C1. The van der Waals surface area contributed by atoms with Gasteiger partial charge < -0.3 is 10.6 Å². The number of likely N-dealkylation sites (tertiary alicyclic amines) is 1. The van der Waals surface area contributed by atoms with Crippen LogP contribution in [0.5, 0.6) is 0 Å². The highest BCUT2D eigenvalue weighted by Crippen LogP contribution is 2.17. The number of terminal acetylenes is 1. The molecule has 1 atom stereocenters. The summed E-state index contributed by atoms with van der Waals surface area (Å²) in [5, 5.41) is 0. The van der Waals surface area contributed by atoms with Gasteiger partial charge in [-0.1, -0.05) is 12.1 Å². The first kappa shape index (κ1) is 11.5. The number of nitrogens with two attached hydrogens (primary N) is 1. The lowest BCUT2D eigenvalue weighted by molar-refractivity contribution is -0.127. The maximum atomic E-state index is 11.6. The number of hydrogen-bond donors (Lipinski definition) is 1. The smallest absolute Gasteiger partial charge is 0.223 e. The quantitative estimate of drug-likeness (QED) is 0.626. The molecule has 3 heteroatoms. The average Bonchev–Trinajstić information content (AvgIpc) is 2.69. The second kappa shape index (κ2) is 4.92. The second-order valence-corrected chi connectivity index (χ2v) is 4.40. The number of carbonyl (C=O) groups excluding carboxylic acids is 1. The van der Waals surface area contributed by atoms with Crippen molar-refractivity contribution >= 4 is 11.6 Å². The third kappa shape index (κ3) is 2.79. The number of benzene rings is 1. The summed E-state index contributed by atoms with van der Waals surface area (Å²) < 4.78 is 0. The molecular formula is C14H16N2O. The molecule has 1 heterocycles. The Morgan fingerprint density at radius 3 is 2.71 bits per heavy atom. The Balaban J connectivity index is 1.89. The van der Waals surface area contributed by atoms with Crippen molar-refractivity contribution in [1.82, 2.24) is 4.90 Å². The molecule has 0 aromatic heterocycles. The van der Waals surface area contributed by atoms with Gasteiger partial charge in [-0.3, -0.25) is 4.79 Å². The lowest BCUT2D eigenvalue weighted by Gasteiger charge is -2.15. The maximum Gasteiger partial charge on any atom is 0.223 e. The van der Waals surface area contributed by atoms with Gasteiger partial charge in [0.1, 0.15) is 0 Å². The van der Waals surface area contributed by atoms with E-state index in [0.717, 1.165) is 18.7 Å². The summed E-state index contributed by atoms with van der Waals surface area (Å²) in [6, 6.07) is 7.75. The molecular weight excluding hydrogens is 212 g/mol. The summed E-state index contributed by atoms with van der Waals surface area (Å²) in [5.74, 6) is 2.91. The van der Waals surface area contributed by atoms with Gasteiger partial charge in [0.2, 0.25) is 5.91 Å². The van der Waals surface area contributed by atoms with Gasteiger partial charge in [0.25, 0.3) is 0 Å². The van der Waals surface area contributed by atoms with Crippen LogP contribution in [0.15, 0.2) is 24.3 Å². The van der Waals surface area contributed by atoms with Gasteiger partial charge in [-0.2, -0.15) is 0 Å². The Labute approximate surface area is 102 Å². The largest absolute Gasteiger partial charge is 0.399 e. The van der Waals surface area contributed by atoms with Crippen LogP contribution in [0.4, 0.5) is 5.69 Å². The van der Waals surface area contributed by atoms with Crippen molar-refractivity contribution in [1.29, 1.82) is 0 Å². The van der Waals surface area contributed by atoms with Crippen LogP contribution in [-0.2, 0) is 11.2 Å². The summed E-state index contributed by atoms with van der Waals surface area (Å²) >= 11 is 0. The van der Waals surface area contributed by atoms with Gasteiger partial charge in [0.15, 0.2) is 0 Å². The first-order valence-corrected chi connectivity index (χ1v) is 5.77. The molecule has 1 aromatic carbocycles. The van der Waals surface area contributed by atoms with E-state index in [1.165, 1.54) is 5.56 Å². The van der Waals surface area contributed by atoms with Crippen molar-refractivity contribution in [2.75, 3.05) is 18.8 Å². The first-order valence-electron chi connectivity index (χ1n) is 5.77. The van der Waals surface area contributed by atoms with Gasteiger partial charge in [0.05, 0.1) is 0 Å². The molecule has 0 aliphatic carbocycles. The fourth-order valence-corrected chi connectivity index (χ4v) is 2.05. The van der Waals surface area contributed by atoms with E-state index < -0.39 is 0 Å². The van der Waals surface area contributed by atoms with Crippen molar-refractivity contribution in [3.05, 3.63) is 29.8 Å². The van der Waals surface area contributed by atoms with Crippen LogP contribution in [-0.4, -0.2) is 23.9 Å². The Bertz CT molecular complexity index is 444. The molecule has 0 radical (unpaired) electrons. The van der Waals surface area contributed by atoms with Gasteiger partial charge in [0, 0.05) is 31.1 Å². The minimum absolute atomic E-state index is 0.0916. The fraction of sp³-hybridized carbons (Fsp3) is 0.357. The Hall–Kier alpha value is -1.95. The molecule has 17 heavy (non-hydrogen) atoms. The normalized spacial score (nSPS) is 19.4. The summed E-state index contributed by atoms with van der Waals surface area (Å²) in [4.78, 5) is 13.5. The predicted octanol–water partition coefficient (Wildman–Crippen LogP) is 1.29.